The number of nitro groups is 1. The molecule has 1 aromatic rings. The van der Waals surface area contributed by atoms with E-state index in [1.165, 1.54) is 12.1 Å². The summed E-state index contributed by atoms with van der Waals surface area (Å²) >= 11 is 3.05. The van der Waals surface area contributed by atoms with E-state index in [-0.39, 0.29) is 11.3 Å². The van der Waals surface area contributed by atoms with Crippen LogP contribution in [0.5, 0.6) is 0 Å². The smallest absolute Gasteiger partial charge is 0.267 e. The molecule has 0 spiro atoms. The van der Waals surface area contributed by atoms with Crippen LogP contribution in [0.4, 0.5) is 5.69 Å². The van der Waals surface area contributed by atoms with Gasteiger partial charge in [-0.3, -0.25) is 14.9 Å². The van der Waals surface area contributed by atoms with Crippen LogP contribution in [0, 0.1) is 17.0 Å². The van der Waals surface area contributed by atoms with Crippen LogP contribution < -0.4 is 0 Å². The largest absolute Gasteiger partial charge is 0.284 e. The number of aryl methyl sites for hydroxylation is 1. The molecule has 0 radical (unpaired) electrons. The Kier molecular flexibility index (Phi) is 3.31. The Labute approximate surface area is 94.1 Å². The molecule has 0 saturated carbocycles. The fraction of sp³-hybridized carbons (Fsp3) is 0.111. The van der Waals surface area contributed by atoms with Gasteiger partial charge in [0.2, 0.25) is 0 Å². The molecule has 0 heterocycles. The molecular weight excluding hydrogens is 264 g/mol. The van der Waals surface area contributed by atoms with E-state index in [0.717, 1.165) is 0 Å². The quantitative estimate of drug-likeness (QED) is 0.471. The van der Waals surface area contributed by atoms with Crippen molar-refractivity contribution in [2.45, 2.75) is 6.92 Å². The minimum atomic E-state index is -0.567. The number of halogens is 1. The Hall–Kier alpha value is -1.56. The number of aliphatic imine (C=N–C) groups is 1. The minimum Gasteiger partial charge on any atom is -0.267 e. The van der Waals surface area contributed by atoms with Crippen LogP contribution in [0.15, 0.2) is 21.6 Å². The van der Waals surface area contributed by atoms with Crippen LogP contribution in [0.25, 0.3) is 0 Å². The van der Waals surface area contributed by atoms with E-state index in [1.54, 1.807) is 6.92 Å². The SMILES string of the molecule is C=NC(=O)c1cc([N+](=O)[O-])c(Br)cc1C. The van der Waals surface area contributed by atoms with Crippen molar-refractivity contribution in [3.63, 3.8) is 0 Å². The summed E-state index contributed by atoms with van der Waals surface area (Å²) in [6.45, 7) is 4.77. The van der Waals surface area contributed by atoms with Gasteiger partial charge in [-0.2, -0.15) is 0 Å². The molecule has 78 valence electrons. The number of nitro benzene ring substituents is 1. The molecule has 0 N–H and O–H groups in total. The summed E-state index contributed by atoms with van der Waals surface area (Å²) in [5.41, 5.74) is 0.650. The maximum absolute atomic E-state index is 11.3. The van der Waals surface area contributed by atoms with Crippen LogP contribution in [0.1, 0.15) is 15.9 Å². The third kappa shape index (κ3) is 2.27. The molecule has 1 amide bonds. The van der Waals surface area contributed by atoms with Gasteiger partial charge in [0.1, 0.15) is 0 Å². The maximum Gasteiger partial charge on any atom is 0.284 e. The number of carbonyl (C=O) groups is 1. The second kappa shape index (κ2) is 4.31. The van der Waals surface area contributed by atoms with E-state index in [0.29, 0.717) is 10.0 Å². The summed E-state index contributed by atoms with van der Waals surface area (Å²) in [6, 6.07) is 2.70. The van der Waals surface area contributed by atoms with Crippen LogP contribution in [0.3, 0.4) is 0 Å². The van der Waals surface area contributed by atoms with Crippen LogP contribution in [0.2, 0.25) is 0 Å². The van der Waals surface area contributed by atoms with Gasteiger partial charge in [0.05, 0.1) is 15.0 Å². The molecular formula is C9H7BrN2O3. The first-order valence-corrected chi connectivity index (χ1v) is 4.72. The highest BCUT2D eigenvalue weighted by Gasteiger charge is 2.17. The van der Waals surface area contributed by atoms with E-state index >= 15 is 0 Å². The van der Waals surface area contributed by atoms with Gasteiger partial charge >= 0.3 is 0 Å². The summed E-state index contributed by atoms with van der Waals surface area (Å²) in [5.74, 6) is -0.567. The third-order valence-corrected chi connectivity index (χ3v) is 2.50. The fourth-order valence-corrected chi connectivity index (χ4v) is 1.72. The second-order valence-corrected chi connectivity index (χ2v) is 3.69. The Morgan fingerprint density at radius 2 is 2.20 bits per heavy atom. The van der Waals surface area contributed by atoms with Gasteiger partial charge < -0.3 is 0 Å². The number of amides is 1. The minimum absolute atomic E-state index is 0.160. The van der Waals surface area contributed by atoms with Crippen molar-refractivity contribution in [3.05, 3.63) is 37.8 Å². The second-order valence-electron chi connectivity index (χ2n) is 2.84. The normalized spacial score (nSPS) is 9.73. The van der Waals surface area contributed by atoms with Gasteiger partial charge in [-0.05, 0) is 41.2 Å². The van der Waals surface area contributed by atoms with E-state index in [4.69, 9.17) is 0 Å². The van der Waals surface area contributed by atoms with Crippen molar-refractivity contribution in [3.8, 4) is 0 Å². The van der Waals surface area contributed by atoms with E-state index < -0.39 is 10.8 Å². The topological polar surface area (TPSA) is 72.6 Å². The standard InChI is InChI=1S/C9H7BrN2O3/c1-5-3-7(10)8(12(14)15)4-6(5)9(13)11-2/h3-4H,2H2,1H3. The molecule has 0 atom stereocenters. The monoisotopic (exact) mass is 270 g/mol. The zero-order valence-corrected chi connectivity index (χ0v) is 9.44. The summed E-state index contributed by atoms with van der Waals surface area (Å²) in [6.07, 6.45) is 0. The van der Waals surface area contributed by atoms with Crippen molar-refractivity contribution in [2.75, 3.05) is 0 Å². The molecule has 0 bridgehead atoms. The van der Waals surface area contributed by atoms with Gasteiger partial charge in [-0.1, -0.05) is 0 Å². The number of nitrogens with zero attached hydrogens (tertiary/aromatic N) is 2. The zero-order valence-electron chi connectivity index (χ0n) is 7.86. The van der Waals surface area contributed by atoms with E-state index in [2.05, 4.69) is 27.6 Å². The highest BCUT2D eigenvalue weighted by atomic mass is 79.9. The number of carbonyl (C=O) groups excluding carboxylic acids is 1. The summed E-state index contributed by atoms with van der Waals surface area (Å²) in [5, 5.41) is 10.6. The predicted octanol–water partition coefficient (Wildman–Crippen LogP) is 2.51. The lowest BCUT2D eigenvalue weighted by atomic mass is 10.1. The van der Waals surface area contributed by atoms with Gasteiger partial charge in [0.15, 0.2) is 0 Å². The van der Waals surface area contributed by atoms with Gasteiger partial charge in [0, 0.05) is 6.07 Å². The first-order valence-electron chi connectivity index (χ1n) is 3.93. The number of rotatable bonds is 2. The number of benzene rings is 1. The zero-order chi connectivity index (χ0) is 11.6. The van der Waals surface area contributed by atoms with Crippen molar-refractivity contribution >= 4 is 34.2 Å². The molecule has 0 saturated heterocycles. The molecule has 6 heteroatoms. The molecule has 5 nitrogen and oxygen atoms in total. The maximum atomic E-state index is 11.3. The van der Waals surface area contributed by atoms with Crippen molar-refractivity contribution < 1.29 is 9.72 Å². The first-order chi connectivity index (χ1) is 6.97. The summed E-state index contributed by atoms with van der Waals surface area (Å²) in [4.78, 5) is 24.5. The molecule has 0 fully saturated rings. The molecule has 0 aliphatic rings. The van der Waals surface area contributed by atoms with E-state index in [1.807, 2.05) is 0 Å². The summed E-state index contributed by atoms with van der Waals surface area (Å²) in [7, 11) is 0. The van der Waals surface area contributed by atoms with Crippen LogP contribution >= 0.6 is 15.9 Å². The molecule has 1 rings (SSSR count). The predicted molar refractivity (Wildman–Crippen MR) is 59.4 cm³/mol. The Morgan fingerprint density at radius 1 is 1.60 bits per heavy atom. The lowest BCUT2D eigenvalue weighted by molar-refractivity contribution is -0.385. The van der Waals surface area contributed by atoms with Gasteiger partial charge in [0.25, 0.3) is 11.6 Å². The lowest BCUT2D eigenvalue weighted by Crippen LogP contribution is -2.00. The Morgan fingerprint density at radius 3 is 2.67 bits per heavy atom. The number of hydrogen-bond donors (Lipinski definition) is 0. The van der Waals surface area contributed by atoms with Gasteiger partial charge in [-0.25, -0.2) is 4.99 Å². The molecule has 1 aromatic carbocycles. The highest BCUT2D eigenvalue weighted by molar-refractivity contribution is 9.10. The third-order valence-electron chi connectivity index (χ3n) is 1.86. The number of hydrogen-bond acceptors (Lipinski definition) is 3. The van der Waals surface area contributed by atoms with Gasteiger partial charge in [-0.15, -0.1) is 0 Å². The van der Waals surface area contributed by atoms with Crippen molar-refractivity contribution in [1.82, 2.24) is 0 Å². The molecule has 0 aliphatic heterocycles. The molecule has 15 heavy (non-hydrogen) atoms. The average molecular weight is 271 g/mol. The lowest BCUT2D eigenvalue weighted by Gasteiger charge is -2.02. The molecule has 0 aliphatic carbocycles. The van der Waals surface area contributed by atoms with Crippen molar-refractivity contribution in [1.29, 1.82) is 0 Å². The van der Waals surface area contributed by atoms with E-state index in [9.17, 15) is 14.9 Å². The molecule has 0 unspecified atom stereocenters. The van der Waals surface area contributed by atoms with Crippen LogP contribution in [-0.2, 0) is 0 Å². The van der Waals surface area contributed by atoms with Crippen molar-refractivity contribution in [2.24, 2.45) is 4.99 Å². The first kappa shape index (κ1) is 11.5. The Bertz CT molecular complexity index is 457. The molecule has 0 aromatic heterocycles. The fourth-order valence-electron chi connectivity index (χ4n) is 1.12. The average Bonchev–Trinajstić information content (AvgIpc) is 2.16. The van der Waals surface area contributed by atoms with Crippen LogP contribution in [-0.4, -0.2) is 17.5 Å². The summed E-state index contributed by atoms with van der Waals surface area (Å²) < 4.78 is 0.339. The highest BCUT2D eigenvalue weighted by Crippen LogP contribution is 2.28. The Balaban J connectivity index is 3.42.